The number of amides is 2. The molecule has 1 aromatic carbocycles. The van der Waals surface area contributed by atoms with Crippen molar-refractivity contribution in [2.75, 3.05) is 18.9 Å². The van der Waals surface area contributed by atoms with Gasteiger partial charge in [-0.2, -0.15) is 0 Å². The fraction of sp³-hybridized carbons (Fsp3) is 0.600. The first-order valence-corrected chi connectivity index (χ1v) is 8.72. The summed E-state index contributed by atoms with van der Waals surface area (Å²) in [6.45, 7) is 14.2. The predicted octanol–water partition coefficient (Wildman–Crippen LogP) is 3.16. The van der Waals surface area contributed by atoms with E-state index in [2.05, 4.69) is 31.4 Å². The van der Waals surface area contributed by atoms with E-state index < -0.39 is 6.04 Å². The van der Waals surface area contributed by atoms with Gasteiger partial charge in [0.25, 0.3) is 0 Å². The minimum absolute atomic E-state index is 0.0798. The Hall–Kier alpha value is -1.88. The lowest BCUT2D eigenvalue weighted by molar-refractivity contribution is -0.125. The van der Waals surface area contributed by atoms with E-state index in [0.717, 1.165) is 5.69 Å². The number of carbonyl (C=O) groups is 2. The van der Waals surface area contributed by atoms with E-state index in [0.29, 0.717) is 0 Å². The summed E-state index contributed by atoms with van der Waals surface area (Å²) in [5, 5.41) is 5.81. The van der Waals surface area contributed by atoms with Crippen molar-refractivity contribution in [3.05, 3.63) is 29.8 Å². The maximum Gasteiger partial charge on any atom is 0.241 e. The summed E-state index contributed by atoms with van der Waals surface area (Å²) in [5.41, 5.74) is 1.78. The van der Waals surface area contributed by atoms with Crippen molar-refractivity contribution < 1.29 is 9.59 Å². The molecule has 0 aliphatic heterocycles. The maximum absolute atomic E-state index is 12.4. The first-order chi connectivity index (χ1) is 11.3. The smallest absolute Gasteiger partial charge is 0.241 e. The van der Waals surface area contributed by atoms with Crippen LogP contribution in [0.1, 0.15) is 54.0 Å². The lowest BCUT2D eigenvalue weighted by Crippen LogP contribution is -2.49. The second-order valence-corrected chi connectivity index (χ2v) is 8.71. The minimum atomic E-state index is -0.409. The fourth-order valence-electron chi connectivity index (χ4n) is 2.32. The Kier molecular flexibility index (Phi) is 6.77. The van der Waals surface area contributed by atoms with Crippen LogP contribution in [-0.2, 0) is 15.0 Å². The molecule has 5 heteroatoms. The van der Waals surface area contributed by atoms with Gasteiger partial charge in [0.2, 0.25) is 11.8 Å². The van der Waals surface area contributed by atoms with Crippen molar-refractivity contribution in [3.8, 4) is 0 Å². The second kappa shape index (κ2) is 8.00. The van der Waals surface area contributed by atoms with Crippen LogP contribution in [-0.4, -0.2) is 41.9 Å². The molecule has 0 saturated carbocycles. The lowest BCUT2D eigenvalue weighted by Gasteiger charge is -2.26. The molecule has 2 amide bonds. The summed E-state index contributed by atoms with van der Waals surface area (Å²) in [4.78, 5) is 26.2. The van der Waals surface area contributed by atoms with Gasteiger partial charge in [0.05, 0.1) is 12.6 Å². The highest BCUT2D eigenvalue weighted by Crippen LogP contribution is 2.23. The molecule has 1 aromatic rings. The average molecular weight is 348 g/mol. The molecule has 1 rings (SSSR count). The SMILES string of the molecule is CC(C(=O)Nc1ccc(C(C)(C)C)cc1)N(C)CC(=O)NC(C)(C)C. The maximum atomic E-state index is 12.4. The molecule has 0 aliphatic carbocycles. The van der Waals surface area contributed by atoms with E-state index in [1.54, 1.807) is 18.9 Å². The van der Waals surface area contributed by atoms with E-state index in [4.69, 9.17) is 0 Å². The van der Waals surface area contributed by atoms with Gasteiger partial charge in [-0.3, -0.25) is 14.5 Å². The van der Waals surface area contributed by atoms with Gasteiger partial charge in [-0.25, -0.2) is 0 Å². The average Bonchev–Trinajstić information content (AvgIpc) is 2.43. The molecule has 0 radical (unpaired) electrons. The second-order valence-electron chi connectivity index (χ2n) is 8.71. The highest BCUT2D eigenvalue weighted by atomic mass is 16.2. The zero-order valence-electron chi connectivity index (χ0n) is 16.9. The zero-order valence-corrected chi connectivity index (χ0v) is 16.9. The van der Waals surface area contributed by atoms with E-state index in [1.165, 1.54) is 5.56 Å². The quantitative estimate of drug-likeness (QED) is 0.860. The Morgan fingerprint density at radius 3 is 2.00 bits per heavy atom. The van der Waals surface area contributed by atoms with Crippen molar-refractivity contribution in [3.63, 3.8) is 0 Å². The van der Waals surface area contributed by atoms with Crippen LogP contribution in [0.15, 0.2) is 24.3 Å². The van der Waals surface area contributed by atoms with Gasteiger partial charge < -0.3 is 10.6 Å². The van der Waals surface area contributed by atoms with Gasteiger partial charge in [-0.1, -0.05) is 32.9 Å². The predicted molar refractivity (Wildman–Crippen MR) is 104 cm³/mol. The molecule has 25 heavy (non-hydrogen) atoms. The van der Waals surface area contributed by atoms with Crippen LogP contribution in [0.4, 0.5) is 5.69 Å². The standard InChI is InChI=1S/C20H33N3O2/c1-14(23(8)13-17(24)22-20(5,6)7)18(25)21-16-11-9-15(10-12-16)19(2,3)4/h9-12,14H,13H2,1-8H3,(H,21,25)(H,22,24). The van der Waals surface area contributed by atoms with Gasteiger partial charge in [0.1, 0.15) is 0 Å². The molecular formula is C20H33N3O2. The van der Waals surface area contributed by atoms with Crippen molar-refractivity contribution in [2.24, 2.45) is 0 Å². The molecule has 0 saturated heterocycles. The lowest BCUT2D eigenvalue weighted by atomic mass is 9.87. The van der Waals surface area contributed by atoms with Gasteiger partial charge in [0, 0.05) is 11.2 Å². The Morgan fingerprint density at radius 2 is 1.56 bits per heavy atom. The number of nitrogens with zero attached hydrogens (tertiary/aromatic N) is 1. The number of carbonyl (C=O) groups excluding carboxylic acids is 2. The molecule has 0 bridgehead atoms. The van der Waals surface area contributed by atoms with E-state index in [1.807, 2.05) is 45.0 Å². The van der Waals surface area contributed by atoms with Crippen molar-refractivity contribution in [1.29, 1.82) is 0 Å². The number of rotatable bonds is 5. The van der Waals surface area contributed by atoms with Crippen LogP contribution in [0.25, 0.3) is 0 Å². The summed E-state index contributed by atoms with van der Waals surface area (Å²) in [6, 6.07) is 7.48. The van der Waals surface area contributed by atoms with Crippen LogP contribution in [0.3, 0.4) is 0 Å². The largest absolute Gasteiger partial charge is 0.350 e. The topological polar surface area (TPSA) is 61.4 Å². The summed E-state index contributed by atoms with van der Waals surface area (Å²) < 4.78 is 0. The fourth-order valence-corrected chi connectivity index (χ4v) is 2.32. The molecule has 0 heterocycles. The Bertz CT molecular complexity index is 595. The molecule has 140 valence electrons. The summed E-state index contributed by atoms with van der Waals surface area (Å²) in [5.74, 6) is -0.223. The summed E-state index contributed by atoms with van der Waals surface area (Å²) in [7, 11) is 1.77. The number of anilines is 1. The first kappa shape index (κ1) is 21.2. The van der Waals surface area contributed by atoms with Gasteiger partial charge in [0.15, 0.2) is 0 Å². The van der Waals surface area contributed by atoms with Crippen LogP contribution in [0.5, 0.6) is 0 Å². The number of likely N-dealkylation sites (N-methyl/N-ethyl adjacent to an activating group) is 1. The molecule has 1 atom stereocenters. The van der Waals surface area contributed by atoms with Crippen LogP contribution < -0.4 is 10.6 Å². The van der Waals surface area contributed by atoms with Gasteiger partial charge in [-0.05, 0) is 57.9 Å². The summed E-state index contributed by atoms with van der Waals surface area (Å²) in [6.07, 6.45) is 0. The number of hydrogen-bond donors (Lipinski definition) is 2. The zero-order chi connectivity index (χ0) is 19.4. The molecule has 0 aliphatic rings. The van der Waals surface area contributed by atoms with Crippen LogP contribution in [0, 0.1) is 0 Å². The third-order valence-corrected chi connectivity index (χ3v) is 3.97. The van der Waals surface area contributed by atoms with Crippen LogP contribution in [0.2, 0.25) is 0 Å². The number of hydrogen-bond acceptors (Lipinski definition) is 3. The monoisotopic (exact) mass is 347 g/mol. The Balaban J connectivity index is 2.62. The van der Waals surface area contributed by atoms with Gasteiger partial charge >= 0.3 is 0 Å². The first-order valence-electron chi connectivity index (χ1n) is 8.72. The normalized spacial score (nSPS) is 13.5. The number of nitrogens with one attached hydrogen (secondary N) is 2. The molecule has 1 unspecified atom stereocenters. The van der Waals surface area contributed by atoms with Crippen LogP contribution >= 0.6 is 0 Å². The van der Waals surface area contributed by atoms with Crippen molar-refractivity contribution in [1.82, 2.24) is 10.2 Å². The molecular weight excluding hydrogens is 314 g/mol. The van der Waals surface area contributed by atoms with Crippen molar-refractivity contribution >= 4 is 17.5 Å². The molecule has 0 spiro atoms. The van der Waals surface area contributed by atoms with Gasteiger partial charge in [-0.15, -0.1) is 0 Å². The third-order valence-electron chi connectivity index (χ3n) is 3.97. The number of benzene rings is 1. The molecule has 5 nitrogen and oxygen atoms in total. The Morgan fingerprint density at radius 1 is 1.04 bits per heavy atom. The van der Waals surface area contributed by atoms with Crippen molar-refractivity contribution in [2.45, 2.75) is 65.5 Å². The third kappa shape index (κ3) is 7.26. The molecule has 0 fully saturated rings. The Labute approximate surface area is 152 Å². The summed E-state index contributed by atoms with van der Waals surface area (Å²) >= 11 is 0. The van der Waals surface area contributed by atoms with E-state index in [-0.39, 0.29) is 29.3 Å². The highest BCUT2D eigenvalue weighted by molar-refractivity contribution is 5.95. The molecule has 0 aromatic heterocycles. The van der Waals surface area contributed by atoms with E-state index in [9.17, 15) is 9.59 Å². The van der Waals surface area contributed by atoms with E-state index >= 15 is 0 Å². The molecule has 2 N–H and O–H groups in total. The highest BCUT2D eigenvalue weighted by Gasteiger charge is 2.22. The minimum Gasteiger partial charge on any atom is -0.350 e.